The molecule has 90 valence electrons. The van der Waals surface area contributed by atoms with Crippen LogP contribution in [-0.2, 0) is 0 Å². The summed E-state index contributed by atoms with van der Waals surface area (Å²) >= 11 is 0. The molecule has 1 aliphatic rings. The first-order chi connectivity index (χ1) is 8.24. The normalized spacial score (nSPS) is 23.6. The molecule has 1 saturated carbocycles. The summed E-state index contributed by atoms with van der Waals surface area (Å²) in [5.74, 6) is 1.56. The number of anilines is 1. The van der Waals surface area contributed by atoms with E-state index in [9.17, 15) is 0 Å². The molecule has 2 heterocycles. The number of fused-ring (bicyclic) bond motifs is 1. The minimum absolute atomic E-state index is 0.394. The van der Waals surface area contributed by atoms with Crippen LogP contribution in [0.4, 0.5) is 5.82 Å². The molecule has 1 aliphatic carbocycles. The zero-order valence-corrected chi connectivity index (χ0v) is 9.82. The van der Waals surface area contributed by atoms with Gasteiger partial charge in [0.2, 0.25) is 5.65 Å². The first-order valence-corrected chi connectivity index (χ1v) is 5.85. The molecule has 2 aromatic heterocycles. The molecule has 0 unspecified atom stereocenters. The molecule has 17 heavy (non-hydrogen) atoms. The molecule has 6 nitrogen and oxygen atoms in total. The largest absolute Gasteiger partial charge is 0.356 e. The van der Waals surface area contributed by atoms with Gasteiger partial charge in [0.15, 0.2) is 5.82 Å². The third-order valence-corrected chi connectivity index (χ3v) is 3.36. The van der Waals surface area contributed by atoms with Crippen molar-refractivity contribution in [3.63, 3.8) is 0 Å². The van der Waals surface area contributed by atoms with Gasteiger partial charge in [-0.15, -0.1) is 10.2 Å². The molecule has 0 aromatic carbocycles. The number of nitrogens with zero attached hydrogens (tertiary/aromatic N) is 5. The fraction of sp³-hybridized carbons (Fsp3) is 0.545. The summed E-state index contributed by atoms with van der Waals surface area (Å²) in [5.41, 5.74) is 6.60. The molecule has 0 bridgehead atoms. The third-order valence-electron chi connectivity index (χ3n) is 3.36. The van der Waals surface area contributed by atoms with Crippen LogP contribution in [0.15, 0.2) is 18.7 Å². The van der Waals surface area contributed by atoms with Crippen molar-refractivity contribution in [1.82, 2.24) is 19.6 Å². The smallest absolute Gasteiger partial charge is 0.203 e. The lowest BCUT2D eigenvalue weighted by Crippen LogP contribution is -2.42. The van der Waals surface area contributed by atoms with Crippen molar-refractivity contribution < 1.29 is 0 Å². The molecular formula is C11H16N6. The molecule has 0 saturated heterocycles. The summed E-state index contributed by atoms with van der Waals surface area (Å²) in [4.78, 5) is 6.52. The highest BCUT2D eigenvalue weighted by molar-refractivity contribution is 5.62. The van der Waals surface area contributed by atoms with Crippen molar-refractivity contribution >= 4 is 11.5 Å². The van der Waals surface area contributed by atoms with Gasteiger partial charge in [0.1, 0.15) is 6.33 Å². The molecule has 0 spiro atoms. The molecule has 0 radical (unpaired) electrons. The summed E-state index contributed by atoms with van der Waals surface area (Å²) in [6.07, 6.45) is 7.54. The van der Waals surface area contributed by atoms with E-state index in [2.05, 4.69) is 20.1 Å². The third kappa shape index (κ3) is 1.84. The van der Waals surface area contributed by atoms with Crippen molar-refractivity contribution in [1.29, 1.82) is 0 Å². The highest BCUT2D eigenvalue weighted by Gasteiger charge is 2.27. The van der Waals surface area contributed by atoms with Crippen molar-refractivity contribution in [2.75, 3.05) is 18.5 Å². The first-order valence-electron chi connectivity index (χ1n) is 5.85. The maximum Gasteiger partial charge on any atom is 0.203 e. The molecule has 2 N–H and O–H groups in total. The van der Waals surface area contributed by atoms with Crippen LogP contribution in [0.1, 0.15) is 12.8 Å². The quantitative estimate of drug-likeness (QED) is 0.824. The van der Waals surface area contributed by atoms with Crippen LogP contribution in [0.2, 0.25) is 0 Å². The highest BCUT2D eigenvalue weighted by Crippen LogP contribution is 2.27. The second-order valence-electron chi connectivity index (χ2n) is 4.79. The topological polar surface area (TPSA) is 72.3 Å². The van der Waals surface area contributed by atoms with Gasteiger partial charge in [-0.25, -0.2) is 4.98 Å². The van der Waals surface area contributed by atoms with Crippen molar-refractivity contribution in [2.45, 2.75) is 18.9 Å². The van der Waals surface area contributed by atoms with Gasteiger partial charge in [0.05, 0.1) is 0 Å². The van der Waals surface area contributed by atoms with Gasteiger partial charge < -0.3 is 10.6 Å². The number of rotatable bonds is 3. The summed E-state index contributed by atoms with van der Waals surface area (Å²) in [5, 5.41) is 7.99. The Bertz CT molecular complexity index is 515. The zero-order valence-electron chi connectivity index (χ0n) is 9.82. The van der Waals surface area contributed by atoms with Gasteiger partial charge in [-0.05, 0) is 18.8 Å². The Morgan fingerprint density at radius 3 is 3.12 bits per heavy atom. The van der Waals surface area contributed by atoms with Crippen LogP contribution < -0.4 is 10.6 Å². The highest BCUT2D eigenvalue weighted by atomic mass is 15.3. The van der Waals surface area contributed by atoms with E-state index in [1.54, 1.807) is 12.5 Å². The minimum atomic E-state index is 0.394. The lowest BCUT2D eigenvalue weighted by molar-refractivity contribution is 0.270. The molecule has 0 aliphatic heterocycles. The second-order valence-corrected chi connectivity index (χ2v) is 4.79. The first kappa shape index (κ1) is 10.5. The summed E-state index contributed by atoms with van der Waals surface area (Å²) < 4.78 is 1.88. The molecule has 1 fully saturated rings. The Kier molecular flexibility index (Phi) is 2.44. The van der Waals surface area contributed by atoms with E-state index in [0.717, 1.165) is 30.9 Å². The molecule has 6 heteroatoms. The fourth-order valence-electron chi connectivity index (χ4n) is 2.42. The second kappa shape index (κ2) is 3.96. The maximum absolute atomic E-state index is 5.80. The number of hydrogen-bond donors (Lipinski definition) is 1. The number of aromatic nitrogens is 4. The Morgan fingerprint density at radius 2 is 2.35 bits per heavy atom. The minimum Gasteiger partial charge on any atom is -0.356 e. The molecule has 0 atom stereocenters. The van der Waals surface area contributed by atoms with E-state index in [4.69, 9.17) is 5.73 Å². The van der Waals surface area contributed by atoms with E-state index in [-0.39, 0.29) is 0 Å². The monoisotopic (exact) mass is 232 g/mol. The lowest BCUT2D eigenvalue weighted by Gasteiger charge is -2.35. The van der Waals surface area contributed by atoms with Gasteiger partial charge >= 0.3 is 0 Å². The predicted molar refractivity (Wildman–Crippen MR) is 64.8 cm³/mol. The van der Waals surface area contributed by atoms with Crippen LogP contribution in [-0.4, -0.2) is 39.2 Å². The zero-order chi connectivity index (χ0) is 11.8. The molecular weight excluding hydrogens is 216 g/mol. The summed E-state index contributed by atoms with van der Waals surface area (Å²) in [6, 6.07) is 0.394. The number of nitrogens with two attached hydrogens (primary N) is 1. The van der Waals surface area contributed by atoms with Gasteiger partial charge in [0, 0.05) is 32.0 Å². The molecule has 0 amide bonds. The van der Waals surface area contributed by atoms with Crippen LogP contribution >= 0.6 is 0 Å². The van der Waals surface area contributed by atoms with Crippen LogP contribution in [0.5, 0.6) is 0 Å². The Balaban J connectivity index is 1.80. The van der Waals surface area contributed by atoms with Crippen molar-refractivity contribution in [2.24, 2.45) is 11.7 Å². The van der Waals surface area contributed by atoms with Gasteiger partial charge in [-0.2, -0.15) is 0 Å². The predicted octanol–water partition coefficient (Wildman–Crippen LogP) is 0.298. The summed E-state index contributed by atoms with van der Waals surface area (Å²) in [7, 11) is 2.04. The lowest BCUT2D eigenvalue weighted by atomic mass is 9.81. The Morgan fingerprint density at radius 1 is 1.53 bits per heavy atom. The fourth-order valence-corrected chi connectivity index (χ4v) is 2.42. The molecule has 2 aromatic rings. The summed E-state index contributed by atoms with van der Waals surface area (Å²) in [6.45, 7) is 0.979. The molecule has 3 rings (SSSR count). The van der Waals surface area contributed by atoms with Crippen LogP contribution in [0.25, 0.3) is 5.65 Å². The van der Waals surface area contributed by atoms with E-state index in [1.165, 1.54) is 0 Å². The Hall–Kier alpha value is -1.69. The van der Waals surface area contributed by atoms with E-state index < -0.39 is 0 Å². The van der Waals surface area contributed by atoms with Gasteiger partial charge in [0.25, 0.3) is 0 Å². The average Bonchev–Trinajstić information content (AvgIpc) is 2.74. The van der Waals surface area contributed by atoms with E-state index in [1.807, 2.05) is 17.6 Å². The van der Waals surface area contributed by atoms with Gasteiger partial charge in [-0.1, -0.05) is 0 Å². The number of hydrogen-bond acceptors (Lipinski definition) is 5. The average molecular weight is 232 g/mol. The SMILES string of the molecule is CN(CC1CC(N)C1)c1nccn2cnnc12. The van der Waals surface area contributed by atoms with Crippen LogP contribution in [0.3, 0.4) is 0 Å². The van der Waals surface area contributed by atoms with Gasteiger partial charge in [-0.3, -0.25) is 4.40 Å². The standard InChI is InChI=1S/C11H16N6/c1-16(6-8-4-9(12)5-8)10-11-15-14-7-17(11)3-2-13-10/h2-3,7-9H,4-6,12H2,1H3. The maximum atomic E-state index is 5.80. The van der Waals surface area contributed by atoms with E-state index >= 15 is 0 Å². The Labute approximate surface area is 99.5 Å². The van der Waals surface area contributed by atoms with Crippen molar-refractivity contribution in [3.8, 4) is 0 Å². The van der Waals surface area contributed by atoms with E-state index in [0.29, 0.717) is 12.0 Å². The van der Waals surface area contributed by atoms with Crippen molar-refractivity contribution in [3.05, 3.63) is 18.7 Å². The van der Waals surface area contributed by atoms with Crippen LogP contribution in [0, 0.1) is 5.92 Å².